The highest BCUT2D eigenvalue weighted by atomic mass is 35.5. The van der Waals surface area contributed by atoms with Gasteiger partial charge in [-0.2, -0.15) is 5.26 Å². The van der Waals surface area contributed by atoms with Crippen LogP contribution in [0.25, 0.3) is 0 Å². The number of aryl methyl sites for hydroxylation is 2. The molecule has 2 aromatic rings. The van der Waals surface area contributed by atoms with Crippen LogP contribution in [0.4, 0.5) is 0 Å². The minimum absolute atomic E-state index is 0.216. The second kappa shape index (κ2) is 7.86. The number of benzene rings is 1. The molecule has 6 nitrogen and oxygen atoms in total. The van der Waals surface area contributed by atoms with Gasteiger partial charge in [-0.3, -0.25) is 4.79 Å². The first-order chi connectivity index (χ1) is 11.9. The van der Waals surface area contributed by atoms with Crippen LogP contribution in [0.15, 0.2) is 18.2 Å². The molecule has 0 unspecified atom stereocenters. The predicted octanol–water partition coefficient (Wildman–Crippen LogP) is 3.60. The monoisotopic (exact) mass is 360 g/mol. The number of Topliss-reactive ketones (excluding diaryl/α,β-unsaturated/α-hetero) is 1. The molecule has 1 N–H and O–H groups in total. The van der Waals surface area contributed by atoms with Gasteiger partial charge in [0.15, 0.2) is 6.61 Å². The number of H-pyrrole nitrogens is 1. The van der Waals surface area contributed by atoms with Crippen LogP contribution in [-0.2, 0) is 4.74 Å². The van der Waals surface area contributed by atoms with Crippen LogP contribution in [0.2, 0.25) is 5.02 Å². The zero-order valence-corrected chi connectivity index (χ0v) is 14.9. The topological polar surface area (TPSA) is 92.2 Å². The van der Waals surface area contributed by atoms with Gasteiger partial charge in [0.2, 0.25) is 5.78 Å². The molecule has 0 fully saturated rings. The van der Waals surface area contributed by atoms with E-state index in [9.17, 15) is 9.59 Å². The van der Waals surface area contributed by atoms with E-state index in [1.165, 1.54) is 12.1 Å². The smallest absolute Gasteiger partial charge is 0.340 e. The van der Waals surface area contributed by atoms with Gasteiger partial charge in [-0.15, -0.1) is 0 Å². The third-order valence-corrected chi connectivity index (χ3v) is 3.85. The molecule has 0 aliphatic carbocycles. The number of nitriles is 1. The number of carbonyl (C=O) groups excluding carboxylic acids is 2. The van der Waals surface area contributed by atoms with Gasteiger partial charge >= 0.3 is 5.97 Å². The van der Waals surface area contributed by atoms with Crippen molar-refractivity contribution in [3.63, 3.8) is 0 Å². The first-order valence-corrected chi connectivity index (χ1v) is 7.98. The number of hydrogen-bond acceptors (Lipinski definition) is 5. The molecule has 0 spiro atoms. The van der Waals surface area contributed by atoms with Gasteiger partial charge in [0.05, 0.1) is 34.4 Å². The van der Waals surface area contributed by atoms with Gasteiger partial charge in [-0.25, -0.2) is 4.79 Å². The first kappa shape index (κ1) is 18.6. The highest BCUT2D eigenvalue weighted by Crippen LogP contribution is 2.26. The van der Waals surface area contributed by atoms with Crippen molar-refractivity contribution >= 4 is 23.4 Å². The van der Waals surface area contributed by atoms with E-state index in [1.807, 2.05) is 6.07 Å². The van der Waals surface area contributed by atoms with Crippen LogP contribution in [0.1, 0.15) is 44.6 Å². The lowest BCUT2D eigenvalue weighted by molar-refractivity contribution is 0.0522. The summed E-state index contributed by atoms with van der Waals surface area (Å²) < 4.78 is 10.5. The van der Waals surface area contributed by atoms with Crippen LogP contribution in [0, 0.1) is 25.2 Å². The standard InChI is InChI=1S/C18H17ClN2O4/c1-4-24-18(23)17-11(3)21-10(2)16(17)14(22)9-25-15-6-5-12(8-20)7-13(15)19/h5-7,21H,4,9H2,1-3H3. The van der Waals surface area contributed by atoms with Crippen LogP contribution < -0.4 is 4.74 Å². The summed E-state index contributed by atoms with van der Waals surface area (Å²) in [4.78, 5) is 27.7. The summed E-state index contributed by atoms with van der Waals surface area (Å²) in [6, 6.07) is 6.49. The fourth-order valence-electron chi connectivity index (χ4n) is 2.49. The normalized spacial score (nSPS) is 10.2. The molecule has 0 radical (unpaired) electrons. The largest absolute Gasteiger partial charge is 0.484 e. The van der Waals surface area contributed by atoms with Gasteiger partial charge in [0, 0.05) is 11.4 Å². The average Bonchev–Trinajstić information content (AvgIpc) is 2.87. The summed E-state index contributed by atoms with van der Waals surface area (Å²) in [6.07, 6.45) is 0. The molecule has 0 aliphatic rings. The molecule has 1 aromatic carbocycles. The Morgan fingerprint density at radius 1 is 1.24 bits per heavy atom. The van der Waals surface area contributed by atoms with Crippen molar-refractivity contribution in [1.29, 1.82) is 5.26 Å². The molecule has 25 heavy (non-hydrogen) atoms. The van der Waals surface area contributed by atoms with Crippen LogP contribution in [-0.4, -0.2) is 30.0 Å². The van der Waals surface area contributed by atoms with Crippen LogP contribution >= 0.6 is 11.6 Å². The van der Waals surface area contributed by atoms with E-state index < -0.39 is 5.97 Å². The minimum atomic E-state index is -0.552. The number of hydrogen-bond donors (Lipinski definition) is 1. The van der Waals surface area contributed by atoms with Crippen molar-refractivity contribution in [2.75, 3.05) is 13.2 Å². The Hall–Kier alpha value is -2.78. The Balaban J connectivity index is 2.22. The number of ether oxygens (including phenoxy) is 2. The molecule has 2 rings (SSSR count). The first-order valence-electron chi connectivity index (χ1n) is 7.61. The number of ketones is 1. The van der Waals surface area contributed by atoms with E-state index in [1.54, 1.807) is 26.8 Å². The maximum atomic E-state index is 12.6. The van der Waals surface area contributed by atoms with E-state index in [-0.39, 0.29) is 40.9 Å². The number of esters is 1. The molecule has 0 atom stereocenters. The fraction of sp³-hybridized carbons (Fsp3) is 0.278. The molecule has 0 aliphatic heterocycles. The Morgan fingerprint density at radius 3 is 2.52 bits per heavy atom. The van der Waals surface area contributed by atoms with Crippen LogP contribution in [0.5, 0.6) is 5.75 Å². The van der Waals surface area contributed by atoms with Crippen molar-refractivity contribution in [2.45, 2.75) is 20.8 Å². The van der Waals surface area contributed by atoms with Gasteiger partial charge in [-0.1, -0.05) is 11.6 Å². The second-order valence-electron chi connectivity index (χ2n) is 5.31. The van der Waals surface area contributed by atoms with Crippen molar-refractivity contribution in [3.05, 3.63) is 51.3 Å². The molecule has 130 valence electrons. The maximum absolute atomic E-state index is 12.6. The maximum Gasteiger partial charge on any atom is 0.340 e. The molecule has 7 heteroatoms. The zero-order chi connectivity index (χ0) is 18.6. The summed E-state index contributed by atoms with van der Waals surface area (Å²) in [5.41, 5.74) is 2.00. The molecule has 0 saturated heterocycles. The van der Waals surface area contributed by atoms with Gasteiger partial charge in [0.1, 0.15) is 5.75 Å². The number of rotatable bonds is 6. The minimum Gasteiger partial charge on any atom is -0.484 e. The highest BCUT2D eigenvalue weighted by molar-refractivity contribution is 6.32. The SMILES string of the molecule is CCOC(=O)c1c(C)[nH]c(C)c1C(=O)COc1ccc(C#N)cc1Cl. The summed E-state index contributed by atoms with van der Waals surface area (Å²) >= 11 is 6.03. The Labute approximate surface area is 150 Å². The molecular formula is C18H17ClN2O4. The molecular weight excluding hydrogens is 344 g/mol. The zero-order valence-electron chi connectivity index (χ0n) is 14.1. The van der Waals surface area contributed by atoms with Crippen molar-refractivity contribution < 1.29 is 19.1 Å². The third kappa shape index (κ3) is 4.01. The number of aromatic amines is 1. The van der Waals surface area contributed by atoms with Crippen molar-refractivity contribution in [2.24, 2.45) is 0 Å². The van der Waals surface area contributed by atoms with Crippen LogP contribution in [0.3, 0.4) is 0 Å². The van der Waals surface area contributed by atoms with Gasteiger partial charge < -0.3 is 14.5 Å². The van der Waals surface area contributed by atoms with E-state index in [0.29, 0.717) is 17.0 Å². The Kier molecular flexibility index (Phi) is 5.84. The number of nitrogens with one attached hydrogen (secondary N) is 1. The molecule has 0 bridgehead atoms. The van der Waals surface area contributed by atoms with Crippen molar-refractivity contribution in [3.8, 4) is 11.8 Å². The molecule has 1 aromatic heterocycles. The number of halogens is 1. The van der Waals surface area contributed by atoms with E-state index in [4.69, 9.17) is 26.3 Å². The molecule has 0 saturated carbocycles. The number of nitrogens with zero attached hydrogens (tertiary/aromatic N) is 1. The Morgan fingerprint density at radius 2 is 1.92 bits per heavy atom. The summed E-state index contributed by atoms with van der Waals surface area (Å²) in [5, 5.41) is 9.06. The van der Waals surface area contributed by atoms with Gasteiger partial charge in [-0.05, 0) is 39.0 Å². The quantitative estimate of drug-likeness (QED) is 0.627. The van der Waals surface area contributed by atoms with E-state index in [0.717, 1.165) is 0 Å². The fourth-order valence-corrected chi connectivity index (χ4v) is 2.73. The van der Waals surface area contributed by atoms with E-state index >= 15 is 0 Å². The summed E-state index contributed by atoms with van der Waals surface area (Å²) in [7, 11) is 0. The summed E-state index contributed by atoms with van der Waals surface area (Å²) in [5.74, 6) is -0.633. The molecule has 0 amide bonds. The lowest BCUT2D eigenvalue weighted by atomic mass is 10.1. The summed E-state index contributed by atoms with van der Waals surface area (Å²) in [6.45, 7) is 5.03. The predicted molar refractivity (Wildman–Crippen MR) is 92.2 cm³/mol. The Bertz CT molecular complexity index is 865. The highest BCUT2D eigenvalue weighted by Gasteiger charge is 2.25. The number of aromatic nitrogens is 1. The van der Waals surface area contributed by atoms with E-state index in [2.05, 4.69) is 4.98 Å². The molecule has 1 heterocycles. The number of carbonyl (C=O) groups is 2. The lowest BCUT2D eigenvalue weighted by Gasteiger charge is -2.09. The average molecular weight is 361 g/mol. The lowest BCUT2D eigenvalue weighted by Crippen LogP contribution is -2.17. The third-order valence-electron chi connectivity index (χ3n) is 3.55. The second-order valence-corrected chi connectivity index (χ2v) is 5.72. The van der Waals surface area contributed by atoms with Crippen molar-refractivity contribution in [1.82, 2.24) is 4.98 Å². The van der Waals surface area contributed by atoms with Gasteiger partial charge in [0.25, 0.3) is 0 Å².